The van der Waals surface area contributed by atoms with E-state index in [9.17, 15) is 4.79 Å². The van der Waals surface area contributed by atoms with Gasteiger partial charge in [-0.05, 0) is 47.7 Å². The number of carbonyl (C=O) groups excluding carboxylic acids is 1. The van der Waals surface area contributed by atoms with E-state index in [1.807, 2.05) is 55.5 Å². The quantitative estimate of drug-likeness (QED) is 0.716. The Morgan fingerprint density at radius 2 is 1.86 bits per heavy atom. The Kier molecular flexibility index (Phi) is 6.21. The topological polar surface area (TPSA) is 50.4 Å². The van der Waals surface area contributed by atoms with Crippen molar-refractivity contribution in [3.8, 4) is 5.75 Å². The second-order valence-electron chi connectivity index (χ2n) is 4.87. The van der Waals surface area contributed by atoms with E-state index in [1.54, 1.807) is 7.11 Å². The number of rotatable bonds is 6. The Labute approximate surface area is 144 Å². The van der Waals surface area contributed by atoms with Gasteiger partial charge in [0.1, 0.15) is 5.75 Å². The van der Waals surface area contributed by atoms with Crippen molar-refractivity contribution in [2.45, 2.75) is 13.0 Å². The van der Waals surface area contributed by atoms with E-state index >= 15 is 0 Å². The van der Waals surface area contributed by atoms with Crippen LogP contribution in [0.1, 0.15) is 18.5 Å². The fraction of sp³-hybridized carbons (Fsp3) is 0.235. The average molecular weight is 410 g/mol. The zero-order valence-electron chi connectivity index (χ0n) is 12.6. The van der Waals surface area contributed by atoms with Crippen molar-refractivity contribution >= 4 is 34.2 Å². The predicted molar refractivity (Wildman–Crippen MR) is 97.2 cm³/mol. The highest BCUT2D eigenvalue weighted by atomic mass is 127. The Morgan fingerprint density at radius 1 is 1.18 bits per heavy atom. The van der Waals surface area contributed by atoms with Gasteiger partial charge in [0, 0.05) is 15.2 Å². The third kappa shape index (κ3) is 4.45. The molecule has 0 aliphatic carbocycles. The summed E-state index contributed by atoms with van der Waals surface area (Å²) in [6, 6.07) is 15.5. The van der Waals surface area contributed by atoms with Crippen molar-refractivity contribution in [1.82, 2.24) is 5.32 Å². The summed E-state index contributed by atoms with van der Waals surface area (Å²) in [5.41, 5.74) is 1.87. The van der Waals surface area contributed by atoms with Gasteiger partial charge in [0.2, 0.25) is 5.91 Å². The molecule has 0 aliphatic heterocycles. The fourth-order valence-corrected chi connectivity index (χ4v) is 2.66. The van der Waals surface area contributed by atoms with Gasteiger partial charge in [0.15, 0.2) is 0 Å². The number of halogens is 1. The van der Waals surface area contributed by atoms with Gasteiger partial charge in [-0.1, -0.05) is 30.3 Å². The number of carbonyl (C=O) groups is 1. The molecule has 0 saturated heterocycles. The van der Waals surface area contributed by atoms with Gasteiger partial charge in [0.05, 0.1) is 19.3 Å². The molecule has 0 radical (unpaired) electrons. The number of hydrogen-bond acceptors (Lipinski definition) is 3. The molecule has 5 heteroatoms. The Hall–Kier alpha value is -1.60. The first kappa shape index (κ1) is 16.8. The molecule has 0 aromatic heterocycles. The lowest BCUT2D eigenvalue weighted by atomic mass is 10.1. The zero-order valence-corrected chi connectivity index (χ0v) is 14.8. The number of nitrogens with one attached hydrogen (secondary N) is 2. The molecule has 0 aliphatic rings. The van der Waals surface area contributed by atoms with Crippen LogP contribution in [0.4, 0.5) is 5.69 Å². The lowest BCUT2D eigenvalue weighted by Gasteiger charge is -2.17. The highest BCUT2D eigenvalue weighted by molar-refractivity contribution is 14.1. The van der Waals surface area contributed by atoms with Crippen LogP contribution in [0.25, 0.3) is 0 Å². The summed E-state index contributed by atoms with van der Waals surface area (Å²) in [6.45, 7) is 2.25. The molecule has 0 unspecified atom stereocenters. The Morgan fingerprint density at radius 3 is 2.59 bits per heavy atom. The van der Waals surface area contributed by atoms with Crippen molar-refractivity contribution < 1.29 is 9.53 Å². The third-order valence-corrected chi connectivity index (χ3v) is 4.26. The van der Waals surface area contributed by atoms with Crippen LogP contribution < -0.4 is 15.4 Å². The molecule has 0 spiro atoms. The van der Waals surface area contributed by atoms with E-state index in [0.717, 1.165) is 20.6 Å². The van der Waals surface area contributed by atoms with Gasteiger partial charge in [0.25, 0.3) is 0 Å². The van der Waals surface area contributed by atoms with Crippen LogP contribution in [0, 0.1) is 3.57 Å². The van der Waals surface area contributed by atoms with Crippen LogP contribution in [-0.4, -0.2) is 19.6 Å². The lowest BCUT2D eigenvalue weighted by molar-refractivity contribution is -0.115. The van der Waals surface area contributed by atoms with E-state index in [1.165, 1.54) is 0 Å². The van der Waals surface area contributed by atoms with E-state index < -0.39 is 0 Å². The third-order valence-electron chi connectivity index (χ3n) is 3.32. The SMILES string of the molecule is COc1ccccc1[C@@H](C)NCC(=O)Nc1ccccc1I. The summed E-state index contributed by atoms with van der Waals surface area (Å²) in [6.07, 6.45) is 0. The largest absolute Gasteiger partial charge is 0.496 e. The maximum absolute atomic E-state index is 12.0. The predicted octanol–water partition coefficient (Wildman–Crippen LogP) is 3.59. The number of hydrogen-bond donors (Lipinski definition) is 2. The monoisotopic (exact) mass is 410 g/mol. The molecule has 0 bridgehead atoms. The molecule has 1 amide bonds. The molecule has 1 atom stereocenters. The summed E-state index contributed by atoms with van der Waals surface area (Å²) in [5.74, 6) is 0.756. The Balaban J connectivity index is 1.92. The first-order valence-corrected chi connectivity index (χ1v) is 8.10. The number of benzene rings is 2. The van der Waals surface area contributed by atoms with Gasteiger partial charge in [-0.25, -0.2) is 0 Å². The van der Waals surface area contributed by atoms with Gasteiger partial charge in [-0.3, -0.25) is 4.79 Å². The molecule has 0 fully saturated rings. The van der Waals surface area contributed by atoms with E-state index in [-0.39, 0.29) is 18.5 Å². The first-order chi connectivity index (χ1) is 10.6. The van der Waals surface area contributed by atoms with E-state index in [2.05, 4.69) is 33.2 Å². The van der Waals surface area contributed by atoms with Crippen molar-refractivity contribution in [1.29, 1.82) is 0 Å². The van der Waals surface area contributed by atoms with Crippen LogP contribution in [0.5, 0.6) is 5.75 Å². The number of para-hydroxylation sites is 2. The van der Waals surface area contributed by atoms with Gasteiger partial charge >= 0.3 is 0 Å². The standard InChI is InChI=1S/C17H19IN2O2/c1-12(13-7-3-6-10-16(13)22-2)19-11-17(21)20-15-9-5-4-8-14(15)18/h3-10,12,19H,11H2,1-2H3,(H,20,21)/t12-/m1/s1. The minimum absolute atomic E-state index is 0.0248. The minimum atomic E-state index is -0.0640. The number of amides is 1. The van der Waals surface area contributed by atoms with Crippen LogP contribution in [0.2, 0.25) is 0 Å². The van der Waals surface area contributed by atoms with Gasteiger partial charge in [-0.15, -0.1) is 0 Å². The summed E-state index contributed by atoms with van der Waals surface area (Å²) < 4.78 is 6.36. The average Bonchev–Trinajstić information content (AvgIpc) is 2.54. The molecular formula is C17H19IN2O2. The molecular weight excluding hydrogens is 391 g/mol. The fourth-order valence-electron chi connectivity index (χ4n) is 2.14. The van der Waals surface area contributed by atoms with Crippen molar-refractivity contribution in [2.24, 2.45) is 0 Å². The maximum Gasteiger partial charge on any atom is 0.238 e. The lowest BCUT2D eigenvalue weighted by Crippen LogP contribution is -2.30. The molecule has 0 saturated carbocycles. The molecule has 0 heterocycles. The minimum Gasteiger partial charge on any atom is -0.496 e. The first-order valence-electron chi connectivity index (χ1n) is 7.02. The molecule has 2 aromatic carbocycles. The van der Waals surface area contributed by atoms with Crippen LogP contribution in [0.3, 0.4) is 0 Å². The highest BCUT2D eigenvalue weighted by Crippen LogP contribution is 2.24. The molecule has 22 heavy (non-hydrogen) atoms. The Bertz CT molecular complexity index is 646. The smallest absolute Gasteiger partial charge is 0.238 e. The number of ether oxygens (including phenoxy) is 1. The summed E-state index contributed by atoms with van der Waals surface area (Å²) in [7, 11) is 1.65. The van der Waals surface area contributed by atoms with Crippen molar-refractivity contribution in [3.63, 3.8) is 0 Å². The van der Waals surface area contributed by atoms with Crippen molar-refractivity contribution in [2.75, 3.05) is 19.0 Å². The second kappa shape index (κ2) is 8.14. The normalized spacial score (nSPS) is 11.8. The van der Waals surface area contributed by atoms with E-state index in [4.69, 9.17) is 4.74 Å². The molecule has 4 nitrogen and oxygen atoms in total. The zero-order chi connectivity index (χ0) is 15.9. The summed E-state index contributed by atoms with van der Waals surface area (Å²) in [4.78, 5) is 12.0. The van der Waals surface area contributed by atoms with Crippen molar-refractivity contribution in [3.05, 3.63) is 57.7 Å². The van der Waals surface area contributed by atoms with Crippen LogP contribution >= 0.6 is 22.6 Å². The second-order valence-corrected chi connectivity index (χ2v) is 6.03. The van der Waals surface area contributed by atoms with E-state index in [0.29, 0.717) is 0 Å². The summed E-state index contributed by atoms with van der Waals surface area (Å²) >= 11 is 2.20. The number of methoxy groups -OCH3 is 1. The van der Waals surface area contributed by atoms with Crippen LogP contribution in [0.15, 0.2) is 48.5 Å². The van der Waals surface area contributed by atoms with Crippen LogP contribution in [-0.2, 0) is 4.79 Å². The number of anilines is 1. The summed E-state index contributed by atoms with van der Waals surface area (Å²) in [5, 5.41) is 6.12. The molecule has 2 aromatic rings. The van der Waals surface area contributed by atoms with Gasteiger partial charge in [-0.2, -0.15) is 0 Å². The maximum atomic E-state index is 12.0. The molecule has 2 rings (SSSR count). The molecule has 2 N–H and O–H groups in total. The molecule has 116 valence electrons. The van der Waals surface area contributed by atoms with Gasteiger partial charge < -0.3 is 15.4 Å². The highest BCUT2D eigenvalue weighted by Gasteiger charge is 2.12.